The molecule has 7 heteroatoms. The molecule has 5 nitrogen and oxygen atoms in total. The average Bonchev–Trinajstić information content (AvgIpc) is 2.96. The zero-order valence-electron chi connectivity index (χ0n) is 12.5. The molecular formula is C15H20N4OS2. The number of fused-ring (bicyclic) bond motifs is 1. The molecule has 1 atom stereocenters. The predicted octanol–water partition coefficient (Wildman–Crippen LogP) is 1.24. The molecule has 0 bridgehead atoms. The quantitative estimate of drug-likeness (QED) is 0.796. The number of hydrogen-bond acceptors (Lipinski definition) is 3. The Hall–Kier alpha value is -1.44. The monoisotopic (exact) mass is 336 g/mol. The van der Waals surface area contributed by atoms with Crippen molar-refractivity contribution in [2.24, 2.45) is 0 Å². The third kappa shape index (κ3) is 3.31. The number of piperazine rings is 1. The Labute approximate surface area is 139 Å². The molecule has 0 radical (unpaired) electrons. The van der Waals surface area contributed by atoms with Crippen LogP contribution in [0, 0.1) is 0 Å². The number of anilines is 1. The molecule has 0 aromatic heterocycles. The molecule has 1 aromatic rings. The number of rotatable bonds is 2. The van der Waals surface area contributed by atoms with Crippen LogP contribution in [-0.2, 0) is 11.0 Å². The lowest BCUT2D eigenvalue weighted by atomic mass is 10.1. The number of benzene rings is 1. The van der Waals surface area contributed by atoms with Gasteiger partial charge in [0, 0.05) is 56.4 Å². The van der Waals surface area contributed by atoms with E-state index >= 15 is 0 Å². The van der Waals surface area contributed by atoms with Crippen molar-refractivity contribution in [3.05, 3.63) is 36.0 Å². The molecule has 0 spiro atoms. The predicted molar refractivity (Wildman–Crippen MR) is 95.9 cm³/mol. The summed E-state index contributed by atoms with van der Waals surface area (Å²) in [4.78, 5) is 2.13. The molecule has 2 aliphatic heterocycles. The van der Waals surface area contributed by atoms with Gasteiger partial charge in [0.05, 0.1) is 11.0 Å². The molecule has 2 N–H and O–H groups in total. The van der Waals surface area contributed by atoms with Gasteiger partial charge in [-0.15, -0.1) is 0 Å². The van der Waals surface area contributed by atoms with Crippen LogP contribution in [0.1, 0.15) is 5.56 Å². The highest BCUT2D eigenvalue weighted by Crippen LogP contribution is 2.29. The van der Waals surface area contributed by atoms with Gasteiger partial charge in [-0.2, -0.15) is 0 Å². The van der Waals surface area contributed by atoms with Gasteiger partial charge in [-0.25, -0.2) is 8.51 Å². The van der Waals surface area contributed by atoms with Crippen LogP contribution in [0.4, 0.5) is 5.69 Å². The SMILES string of the molecule is CS(=O)N1CCN(C(=S)N/C=C2/CNc3ccccc32)CC1. The van der Waals surface area contributed by atoms with E-state index < -0.39 is 11.0 Å². The van der Waals surface area contributed by atoms with Gasteiger partial charge < -0.3 is 15.5 Å². The number of nitrogens with one attached hydrogen (secondary N) is 2. The van der Waals surface area contributed by atoms with E-state index in [4.69, 9.17) is 12.2 Å². The van der Waals surface area contributed by atoms with Crippen LogP contribution < -0.4 is 10.6 Å². The molecule has 2 aliphatic rings. The van der Waals surface area contributed by atoms with Crippen LogP contribution in [-0.4, -0.2) is 57.5 Å². The van der Waals surface area contributed by atoms with Crippen molar-refractivity contribution in [2.45, 2.75) is 0 Å². The molecule has 0 saturated carbocycles. The Balaban J connectivity index is 1.58. The second-order valence-corrected chi connectivity index (χ2v) is 7.11. The number of para-hydroxylation sites is 1. The first kappa shape index (κ1) is 15.5. The van der Waals surface area contributed by atoms with Crippen molar-refractivity contribution >= 4 is 39.6 Å². The highest BCUT2D eigenvalue weighted by atomic mass is 32.2. The second kappa shape index (κ2) is 6.76. The highest BCUT2D eigenvalue weighted by molar-refractivity contribution is 7.81. The summed E-state index contributed by atoms with van der Waals surface area (Å²) in [5, 5.41) is 7.34. The number of thiocarbonyl (C=S) groups is 1. The maximum atomic E-state index is 11.4. The van der Waals surface area contributed by atoms with Gasteiger partial charge in [0.25, 0.3) is 0 Å². The molecule has 2 heterocycles. The molecule has 1 fully saturated rings. The standard InChI is InChI=1S/C15H20N4OS2/c1-22(20)19-8-6-18(7-9-19)15(21)17-11-12-10-16-14-5-3-2-4-13(12)14/h2-5,11,16H,6-10H2,1H3,(H,17,21)/b12-11-. The van der Waals surface area contributed by atoms with Gasteiger partial charge in [0.15, 0.2) is 5.11 Å². The van der Waals surface area contributed by atoms with Crippen LogP contribution in [0.15, 0.2) is 30.5 Å². The topological polar surface area (TPSA) is 47.6 Å². The first-order valence-electron chi connectivity index (χ1n) is 7.31. The van der Waals surface area contributed by atoms with Gasteiger partial charge in [0.1, 0.15) is 0 Å². The molecule has 1 saturated heterocycles. The van der Waals surface area contributed by atoms with Gasteiger partial charge in [-0.05, 0) is 23.9 Å². The van der Waals surface area contributed by atoms with Crippen molar-refractivity contribution in [2.75, 3.05) is 44.3 Å². The molecule has 0 amide bonds. The number of hydrogen-bond donors (Lipinski definition) is 2. The van der Waals surface area contributed by atoms with E-state index in [1.165, 1.54) is 16.8 Å². The summed E-state index contributed by atoms with van der Waals surface area (Å²) in [5.74, 6) is 0. The largest absolute Gasteiger partial charge is 0.380 e. The van der Waals surface area contributed by atoms with Crippen molar-refractivity contribution in [3.8, 4) is 0 Å². The summed E-state index contributed by atoms with van der Waals surface area (Å²) in [6.07, 6.45) is 3.71. The fraction of sp³-hybridized carbons (Fsp3) is 0.400. The highest BCUT2D eigenvalue weighted by Gasteiger charge is 2.21. The minimum atomic E-state index is -0.888. The van der Waals surface area contributed by atoms with E-state index in [-0.39, 0.29) is 0 Å². The summed E-state index contributed by atoms with van der Waals surface area (Å²) in [7, 11) is -0.888. The third-order valence-electron chi connectivity index (χ3n) is 4.00. The van der Waals surface area contributed by atoms with Crippen molar-refractivity contribution in [1.82, 2.24) is 14.5 Å². The summed E-state index contributed by atoms with van der Waals surface area (Å²) in [6, 6.07) is 8.27. The van der Waals surface area contributed by atoms with E-state index in [1.54, 1.807) is 6.26 Å². The van der Waals surface area contributed by atoms with Crippen molar-refractivity contribution in [3.63, 3.8) is 0 Å². The van der Waals surface area contributed by atoms with Crippen LogP contribution in [0.5, 0.6) is 0 Å². The normalized spacial score (nSPS) is 21.3. The van der Waals surface area contributed by atoms with E-state index in [2.05, 4.69) is 27.7 Å². The number of nitrogens with zero attached hydrogens (tertiary/aromatic N) is 2. The fourth-order valence-electron chi connectivity index (χ4n) is 2.72. The maximum absolute atomic E-state index is 11.4. The lowest BCUT2D eigenvalue weighted by Crippen LogP contribution is -2.51. The lowest BCUT2D eigenvalue weighted by molar-refractivity contribution is 0.275. The fourth-order valence-corrected chi connectivity index (χ4v) is 3.64. The Morgan fingerprint density at radius 1 is 1.32 bits per heavy atom. The van der Waals surface area contributed by atoms with Crippen LogP contribution in [0.25, 0.3) is 5.57 Å². The molecule has 1 aromatic carbocycles. The molecule has 118 valence electrons. The summed E-state index contributed by atoms with van der Waals surface area (Å²) in [6.45, 7) is 4.00. The Morgan fingerprint density at radius 2 is 2.05 bits per heavy atom. The van der Waals surface area contributed by atoms with Gasteiger partial charge in [-0.3, -0.25) is 0 Å². The molecule has 1 unspecified atom stereocenters. The Morgan fingerprint density at radius 3 is 2.77 bits per heavy atom. The van der Waals surface area contributed by atoms with Gasteiger partial charge in [-0.1, -0.05) is 18.2 Å². The van der Waals surface area contributed by atoms with E-state index in [9.17, 15) is 4.21 Å². The summed E-state index contributed by atoms with van der Waals surface area (Å²) in [5.41, 5.74) is 3.61. The van der Waals surface area contributed by atoms with Crippen molar-refractivity contribution in [1.29, 1.82) is 0 Å². The van der Waals surface area contributed by atoms with Crippen LogP contribution >= 0.6 is 12.2 Å². The first-order valence-corrected chi connectivity index (χ1v) is 9.24. The van der Waals surface area contributed by atoms with E-state index in [1.807, 2.05) is 22.6 Å². The molecular weight excluding hydrogens is 316 g/mol. The van der Waals surface area contributed by atoms with Gasteiger partial charge in [0.2, 0.25) is 0 Å². The maximum Gasteiger partial charge on any atom is 0.173 e. The van der Waals surface area contributed by atoms with Crippen LogP contribution in [0.2, 0.25) is 0 Å². The Kier molecular flexibility index (Phi) is 4.75. The minimum absolute atomic E-state index is 0.735. The average molecular weight is 336 g/mol. The minimum Gasteiger partial charge on any atom is -0.380 e. The molecule has 0 aliphatic carbocycles. The zero-order chi connectivity index (χ0) is 15.5. The summed E-state index contributed by atoms with van der Waals surface area (Å²) < 4.78 is 13.4. The smallest absolute Gasteiger partial charge is 0.173 e. The first-order chi connectivity index (χ1) is 10.6. The van der Waals surface area contributed by atoms with Crippen molar-refractivity contribution < 1.29 is 4.21 Å². The summed E-state index contributed by atoms with van der Waals surface area (Å²) >= 11 is 5.47. The Bertz CT molecular complexity index is 624. The van der Waals surface area contributed by atoms with Gasteiger partial charge >= 0.3 is 0 Å². The van der Waals surface area contributed by atoms with Crippen LogP contribution in [0.3, 0.4) is 0 Å². The molecule has 3 rings (SSSR count). The zero-order valence-corrected chi connectivity index (χ0v) is 14.2. The lowest BCUT2D eigenvalue weighted by Gasteiger charge is -2.34. The van der Waals surface area contributed by atoms with E-state index in [0.29, 0.717) is 0 Å². The second-order valence-electron chi connectivity index (χ2n) is 5.36. The third-order valence-corrected chi connectivity index (χ3v) is 5.47. The van der Waals surface area contributed by atoms with E-state index in [0.717, 1.165) is 37.8 Å². The molecule has 22 heavy (non-hydrogen) atoms.